The van der Waals surface area contributed by atoms with Gasteiger partial charge in [0.2, 0.25) is 0 Å². The molecule has 0 saturated heterocycles. The molecule has 0 fully saturated rings. The van der Waals surface area contributed by atoms with Gasteiger partial charge in [0, 0.05) is 39.3 Å². The second-order valence-electron chi connectivity index (χ2n) is 4.53. The molecule has 19 heavy (non-hydrogen) atoms. The van der Waals surface area contributed by atoms with E-state index in [1.54, 1.807) is 0 Å². The van der Waals surface area contributed by atoms with Gasteiger partial charge in [0.25, 0.3) is 0 Å². The minimum Gasteiger partial charge on any atom is -0.480 e. The molecule has 5 N–H and O–H groups in total. The molecule has 0 aromatic carbocycles. The van der Waals surface area contributed by atoms with Crippen molar-refractivity contribution in [2.75, 3.05) is 52.4 Å². The first-order chi connectivity index (χ1) is 9.27. The minimum atomic E-state index is -0.812. The summed E-state index contributed by atoms with van der Waals surface area (Å²) in [7, 11) is 0. The van der Waals surface area contributed by atoms with Crippen molar-refractivity contribution in [1.82, 2.24) is 21.3 Å². The summed E-state index contributed by atoms with van der Waals surface area (Å²) in [6.07, 6.45) is 3.84. The lowest BCUT2D eigenvalue weighted by Gasteiger charge is -2.07. The molecule has 0 radical (unpaired) electrons. The van der Waals surface area contributed by atoms with E-state index in [1.807, 2.05) is 0 Å². The van der Waals surface area contributed by atoms with Gasteiger partial charge in [0.05, 0.1) is 6.54 Å². The van der Waals surface area contributed by atoms with E-state index in [0.29, 0.717) is 6.54 Å². The van der Waals surface area contributed by atoms with E-state index >= 15 is 0 Å². The Kier molecular flexibility index (Phi) is 14.8. The van der Waals surface area contributed by atoms with Crippen LogP contribution in [0.25, 0.3) is 0 Å². The average Bonchev–Trinajstić information content (AvgIpc) is 2.39. The van der Waals surface area contributed by atoms with Crippen molar-refractivity contribution in [2.24, 2.45) is 0 Å². The van der Waals surface area contributed by atoms with Crippen LogP contribution in [0.2, 0.25) is 0 Å². The molecule has 0 aliphatic heterocycles. The van der Waals surface area contributed by atoms with Gasteiger partial charge in [-0.15, -0.1) is 0 Å². The molecule has 6 nitrogen and oxygen atoms in total. The predicted octanol–water partition coefficient (Wildman–Crippen LogP) is -0.380. The summed E-state index contributed by atoms with van der Waals surface area (Å²) in [5, 5.41) is 21.2. The Morgan fingerprint density at radius 3 is 1.74 bits per heavy atom. The van der Waals surface area contributed by atoms with Crippen LogP contribution in [0.5, 0.6) is 0 Å². The summed E-state index contributed by atoms with van der Waals surface area (Å²) in [4.78, 5) is 10.2. The molecule has 0 saturated carbocycles. The maximum Gasteiger partial charge on any atom is 0.317 e. The molecule has 0 atom stereocenters. The molecule has 0 aromatic rings. The molecular formula is C13H30N4O2. The highest BCUT2D eigenvalue weighted by molar-refractivity contribution is 5.68. The van der Waals surface area contributed by atoms with Crippen molar-refractivity contribution in [1.29, 1.82) is 0 Å². The molecule has 6 heteroatoms. The second kappa shape index (κ2) is 15.4. The number of carboxylic acids is 1. The van der Waals surface area contributed by atoms with Crippen LogP contribution in [0.1, 0.15) is 26.2 Å². The van der Waals surface area contributed by atoms with Crippen LogP contribution in [-0.2, 0) is 4.79 Å². The zero-order valence-corrected chi connectivity index (χ0v) is 12.1. The summed E-state index contributed by atoms with van der Waals surface area (Å²) < 4.78 is 0. The van der Waals surface area contributed by atoms with Crippen LogP contribution in [0, 0.1) is 0 Å². The van der Waals surface area contributed by atoms with Crippen molar-refractivity contribution in [3.05, 3.63) is 0 Å². The number of aliphatic carboxylic acids is 1. The first kappa shape index (κ1) is 18.3. The first-order valence-electron chi connectivity index (χ1n) is 7.32. The number of carboxylic acid groups (broad SMARTS) is 1. The lowest BCUT2D eigenvalue weighted by molar-refractivity contribution is -0.135. The fourth-order valence-electron chi connectivity index (χ4n) is 1.60. The second-order valence-corrected chi connectivity index (χ2v) is 4.53. The number of nitrogens with one attached hydrogen (secondary N) is 4. The molecule has 0 bridgehead atoms. The normalized spacial score (nSPS) is 10.8. The van der Waals surface area contributed by atoms with Crippen molar-refractivity contribution < 1.29 is 9.90 Å². The fraction of sp³-hybridized carbons (Fsp3) is 0.923. The third-order valence-electron chi connectivity index (χ3n) is 2.67. The van der Waals surface area contributed by atoms with E-state index in [0.717, 1.165) is 39.3 Å². The zero-order valence-electron chi connectivity index (χ0n) is 12.1. The smallest absolute Gasteiger partial charge is 0.317 e. The van der Waals surface area contributed by atoms with Gasteiger partial charge in [0.1, 0.15) is 0 Å². The van der Waals surface area contributed by atoms with Crippen LogP contribution >= 0.6 is 0 Å². The van der Waals surface area contributed by atoms with Crippen LogP contribution in [0.4, 0.5) is 0 Å². The molecule has 0 aliphatic carbocycles. The lowest BCUT2D eigenvalue weighted by Crippen LogP contribution is -2.36. The number of hydrogen-bond donors (Lipinski definition) is 5. The quantitative estimate of drug-likeness (QED) is 0.262. The predicted molar refractivity (Wildman–Crippen MR) is 78.6 cm³/mol. The SMILES string of the molecule is CCCCCNCCNCCNCCNCC(=O)O. The van der Waals surface area contributed by atoms with Gasteiger partial charge < -0.3 is 26.4 Å². The Hall–Kier alpha value is -0.690. The van der Waals surface area contributed by atoms with Crippen molar-refractivity contribution in [3.63, 3.8) is 0 Å². The molecule has 0 spiro atoms. The lowest BCUT2D eigenvalue weighted by atomic mass is 10.2. The van der Waals surface area contributed by atoms with E-state index in [9.17, 15) is 4.79 Å². The van der Waals surface area contributed by atoms with E-state index in [2.05, 4.69) is 28.2 Å². The highest BCUT2D eigenvalue weighted by atomic mass is 16.4. The molecule has 0 amide bonds. The summed E-state index contributed by atoms with van der Waals surface area (Å²) in [5.74, 6) is -0.812. The highest BCUT2D eigenvalue weighted by Gasteiger charge is 1.94. The van der Waals surface area contributed by atoms with E-state index in [4.69, 9.17) is 5.11 Å². The molecule has 0 unspecified atom stereocenters. The van der Waals surface area contributed by atoms with Gasteiger partial charge in [-0.25, -0.2) is 0 Å². The van der Waals surface area contributed by atoms with Crippen molar-refractivity contribution in [3.8, 4) is 0 Å². The number of unbranched alkanes of at least 4 members (excludes halogenated alkanes) is 2. The van der Waals surface area contributed by atoms with E-state index in [-0.39, 0.29) is 6.54 Å². The Balaban J connectivity index is 2.93. The average molecular weight is 274 g/mol. The maximum absolute atomic E-state index is 10.2. The van der Waals surface area contributed by atoms with Gasteiger partial charge in [-0.3, -0.25) is 4.79 Å². The molecule has 114 valence electrons. The van der Waals surface area contributed by atoms with Crippen LogP contribution in [0.3, 0.4) is 0 Å². The summed E-state index contributed by atoms with van der Waals surface area (Å²) in [5.41, 5.74) is 0. The maximum atomic E-state index is 10.2. The van der Waals surface area contributed by atoms with Gasteiger partial charge in [0.15, 0.2) is 0 Å². The standard InChI is InChI=1S/C13H30N4O2/c1-2-3-4-5-14-6-7-15-8-9-16-10-11-17-12-13(18)19/h14-17H,2-12H2,1H3,(H,18,19). The molecule has 0 heterocycles. The van der Waals surface area contributed by atoms with Crippen molar-refractivity contribution in [2.45, 2.75) is 26.2 Å². The number of carbonyl (C=O) groups is 1. The molecule has 0 rings (SSSR count). The zero-order chi connectivity index (χ0) is 14.2. The number of rotatable bonds is 15. The van der Waals surface area contributed by atoms with Gasteiger partial charge >= 0.3 is 5.97 Å². The summed E-state index contributed by atoms with van der Waals surface area (Å²) in [6.45, 7) is 8.70. The Labute approximate surface area is 116 Å². The third-order valence-corrected chi connectivity index (χ3v) is 2.67. The largest absolute Gasteiger partial charge is 0.480 e. The van der Waals surface area contributed by atoms with E-state index in [1.165, 1.54) is 19.3 Å². The van der Waals surface area contributed by atoms with Crippen molar-refractivity contribution >= 4 is 5.97 Å². The Morgan fingerprint density at radius 2 is 1.26 bits per heavy atom. The van der Waals surface area contributed by atoms with Crippen LogP contribution < -0.4 is 21.3 Å². The van der Waals surface area contributed by atoms with Gasteiger partial charge in [-0.05, 0) is 13.0 Å². The van der Waals surface area contributed by atoms with E-state index < -0.39 is 5.97 Å². The molecule has 0 aliphatic rings. The van der Waals surface area contributed by atoms with Gasteiger partial charge in [-0.2, -0.15) is 0 Å². The molecule has 0 aromatic heterocycles. The number of hydrogen-bond acceptors (Lipinski definition) is 5. The monoisotopic (exact) mass is 274 g/mol. The Morgan fingerprint density at radius 1 is 0.789 bits per heavy atom. The molecular weight excluding hydrogens is 244 g/mol. The van der Waals surface area contributed by atoms with Crippen LogP contribution in [0.15, 0.2) is 0 Å². The summed E-state index contributed by atoms with van der Waals surface area (Å²) in [6, 6.07) is 0. The highest BCUT2D eigenvalue weighted by Crippen LogP contribution is 1.90. The van der Waals surface area contributed by atoms with Gasteiger partial charge in [-0.1, -0.05) is 19.8 Å². The minimum absolute atomic E-state index is 0.0314. The first-order valence-corrected chi connectivity index (χ1v) is 7.32. The Bertz CT molecular complexity index is 203. The van der Waals surface area contributed by atoms with Crippen LogP contribution in [-0.4, -0.2) is 63.4 Å². The third kappa shape index (κ3) is 17.3. The topological polar surface area (TPSA) is 85.4 Å². The fourth-order valence-corrected chi connectivity index (χ4v) is 1.60. The summed E-state index contributed by atoms with van der Waals surface area (Å²) >= 11 is 0.